The Kier molecular flexibility index (Phi) is 4.20. The zero-order valence-electron chi connectivity index (χ0n) is 10.4. The number of anilines is 2. The van der Waals surface area contributed by atoms with E-state index in [-0.39, 0.29) is 0 Å². The topological polar surface area (TPSA) is 41.1 Å². The van der Waals surface area contributed by atoms with E-state index in [1.165, 1.54) is 19.3 Å². The summed E-state index contributed by atoms with van der Waals surface area (Å²) in [5, 5.41) is 3.08. The van der Waals surface area contributed by atoms with Crippen molar-refractivity contribution in [2.45, 2.75) is 26.2 Å². The molecule has 0 aliphatic carbocycles. The number of aromatic nitrogens is 2. The molecule has 0 bridgehead atoms. The Morgan fingerprint density at radius 1 is 1.53 bits per heavy atom. The van der Waals surface area contributed by atoms with Crippen LogP contribution in [0.3, 0.4) is 0 Å². The van der Waals surface area contributed by atoms with Crippen LogP contribution in [0.4, 0.5) is 11.6 Å². The van der Waals surface area contributed by atoms with E-state index < -0.39 is 0 Å². The van der Waals surface area contributed by atoms with Crippen LogP contribution in [0.15, 0.2) is 10.8 Å². The smallest absolute Gasteiger partial charge is 0.148 e. The minimum Gasteiger partial charge on any atom is -0.372 e. The van der Waals surface area contributed by atoms with Gasteiger partial charge in [-0.2, -0.15) is 0 Å². The summed E-state index contributed by atoms with van der Waals surface area (Å²) in [5.74, 6) is 2.67. The summed E-state index contributed by atoms with van der Waals surface area (Å²) in [6.07, 6.45) is 5.47. The van der Waals surface area contributed by atoms with Crippen molar-refractivity contribution in [2.75, 3.05) is 30.4 Å². The Balaban J connectivity index is 2.21. The maximum atomic E-state index is 4.41. The van der Waals surface area contributed by atoms with Crippen LogP contribution in [0.2, 0.25) is 0 Å². The molecule has 2 heterocycles. The second-order valence-corrected chi connectivity index (χ2v) is 5.27. The maximum Gasteiger partial charge on any atom is 0.148 e. The third-order valence-corrected chi connectivity index (χ3v) is 4.13. The van der Waals surface area contributed by atoms with Crippen LogP contribution < -0.4 is 10.2 Å². The van der Waals surface area contributed by atoms with Gasteiger partial charge < -0.3 is 10.2 Å². The van der Waals surface area contributed by atoms with E-state index in [1.807, 2.05) is 7.05 Å². The molecule has 17 heavy (non-hydrogen) atoms. The molecule has 5 heteroatoms. The SMILES string of the molecule is CCC1CCCN(c2ncnc(NC)c2Br)C1. The minimum atomic E-state index is 0.795. The first-order chi connectivity index (χ1) is 8.26. The quantitative estimate of drug-likeness (QED) is 0.932. The zero-order valence-corrected chi connectivity index (χ0v) is 12.0. The first kappa shape index (κ1) is 12.6. The Bertz CT molecular complexity index is 383. The average molecular weight is 299 g/mol. The van der Waals surface area contributed by atoms with E-state index >= 15 is 0 Å². The van der Waals surface area contributed by atoms with Crippen LogP contribution >= 0.6 is 15.9 Å². The highest BCUT2D eigenvalue weighted by atomic mass is 79.9. The third kappa shape index (κ3) is 2.70. The lowest BCUT2D eigenvalue weighted by atomic mass is 9.96. The molecule has 1 atom stereocenters. The molecule has 1 fully saturated rings. The molecular weight excluding hydrogens is 280 g/mol. The van der Waals surface area contributed by atoms with E-state index in [9.17, 15) is 0 Å². The molecule has 0 spiro atoms. The van der Waals surface area contributed by atoms with E-state index in [0.29, 0.717) is 0 Å². The van der Waals surface area contributed by atoms with Crippen LogP contribution in [-0.2, 0) is 0 Å². The number of nitrogens with zero attached hydrogens (tertiary/aromatic N) is 3. The Morgan fingerprint density at radius 2 is 2.35 bits per heavy atom. The van der Waals surface area contributed by atoms with Crippen LogP contribution in [0, 0.1) is 5.92 Å². The molecule has 94 valence electrons. The predicted molar refractivity (Wildman–Crippen MR) is 74.5 cm³/mol. The minimum absolute atomic E-state index is 0.795. The summed E-state index contributed by atoms with van der Waals surface area (Å²) in [7, 11) is 1.88. The van der Waals surface area contributed by atoms with Crippen molar-refractivity contribution in [3.8, 4) is 0 Å². The van der Waals surface area contributed by atoms with Gasteiger partial charge in [0.1, 0.15) is 22.4 Å². The van der Waals surface area contributed by atoms with Gasteiger partial charge >= 0.3 is 0 Å². The largest absolute Gasteiger partial charge is 0.372 e. The fourth-order valence-electron chi connectivity index (χ4n) is 2.35. The molecule has 0 aromatic carbocycles. The average Bonchev–Trinajstić information content (AvgIpc) is 2.39. The molecule has 0 radical (unpaired) electrons. The van der Waals surface area contributed by atoms with Crippen molar-refractivity contribution in [3.05, 3.63) is 10.8 Å². The lowest BCUT2D eigenvalue weighted by molar-refractivity contribution is 0.402. The van der Waals surface area contributed by atoms with E-state index in [1.54, 1.807) is 6.33 Å². The zero-order chi connectivity index (χ0) is 12.3. The van der Waals surface area contributed by atoms with Gasteiger partial charge in [-0.25, -0.2) is 9.97 Å². The number of halogens is 1. The Labute approximate surface area is 111 Å². The maximum absolute atomic E-state index is 4.41. The molecule has 4 nitrogen and oxygen atoms in total. The summed E-state index contributed by atoms with van der Waals surface area (Å²) in [5.41, 5.74) is 0. The number of nitrogens with one attached hydrogen (secondary N) is 1. The standard InChI is InChI=1S/C12H19BrN4/c1-3-9-5-4-6-17(7-9)12-10(13)11(14-2)15-8-16-12/h8-9H,3-7H2,1-2H3,(H,14,15,16). The summed E-state index contributed by atoms with van der Waals surface area (Å²) in [6.45, 7) is 4.47. The number of rotatable bonds is 3. The lowest BCUT2D eigenvalue weighted by Gasteiger charge is -2.33. The van der Waals surface area contributed by atoms with E-state index in [0.717, 1.165) is 35.1 Å². The van der Waals surface area contributed by atoms with Crippen LogP contribution in [-0.4, -0.2) is 30.1 Å². The van der Waals surface area contributed by atoms with Crippen molar-refractivity contribution in [2.24, 2.45) is 5.92 Å². The third-order valence-electron chi connectivity index (χ3n) is 3.40. The van der Waals surface area contributed by atoms with Crippen molar-refractivity contribution in [1.82, 2.24) is 9.97 Å². The summed E-state index contributed by atoms with van der Waals surface area (Å²) in [6, 6.07) is 0. The highest BCUT2D eigenvalue weighted by Crippen LogP contribution is 2.32. The van der Waals surface area contributed by atoms with Gasteiger partial charge in [0, 0.05) is 20.1 Å². The Morgan fingerprint density at radius 3 is 3.06 bits per heavy atom. The van der Waals surface area contributed by atoms with Crippen molar-refractivity contribution < 1.29 is 0 Å². The highest BCUT2D eigenvalue weighted by molar-refractivity contribution is 9.10. The molecule has 1 aliphatic heterocycles. The van der Waals surface area contributed by atoms with Gasteiger partial charge in [-0.15, -0.1) is 0 Å². The fraction of sp³-hybridized carbons (Fsp3) is 0.667. The highest BCUT2D eigenvalue weighted by Gasteiger charge is 2.22. The van der Waals surface area contributed by atoms with Gasteiger partial charge in [-0.1, -0.05) is 13.3 Å². The number of hydrogen-bond acceptors (Lipinski definition) is 4. The summed E-state index contributed by atoms with van der Waals surface area (Å²) >= 11 is 3.59. The van der Waals surface area contributed by atoms with Crippen molar-refractivity contribution in [3.63, 3.8) is 0 Å². The first-order valence-electron chi connectivity index (χ1n) is 6.19. The van der Waals surface area contributed by atoms with Crippen LogP contribution in [0.1, 0.15) is 26.2 Å². The van der Waals surface area contributed by atoms with Gasteiger partial charge in [0.25, 0.3) is 0 Å². The molecule has 1 unspecified atom stereocenters. The number of hydrogen-bond donors (Lipinski definition) is 1. The molecule has 1 saturated heterocycles. The van der Waals surface area contributed by atoms with Crippen molar-refractivity contribution in [1.29, 1.82) is 0 Å². The molecular formula is C12H19BrN4. The summed E-state index contributed by atoms with van der Waals surface area (Å²) < 4.78 is 0.972. The van der Waals surface area contributed by atoms with Gasteiger partial charge in [-0.3, -0.25) is 0 Å². The second-order valence-electron chi connectivity index (χ2n) is 4.47. The molecule has 1 aromatic heterocycles. The molecule has 2 rings (SSSR count). The van der Waals surface area contributed by atoms with Crippen LogP contribution in [0.5, 0.6) is 0 Å². The van der Waals surface area contributed by atoms with Gasteiger partial charge in [0.15, 0.2) is 0 Å². The molecule has 0 saturated carbocycles. The molecule has 1 aromatic rings. The van der Waals surface area contributed by atoms with Gasteiger partial charge in [0.2, 0.25) is 0 Å². The molecule has 1 aliphatic rings. The first-order valence-corrected chi connectivity index (χ1v) is 6.98. The molecule has 0 amide bonds. The normalized spacial score (nSPS) is 20.4. The van der Waals surface area contributed by atoms with E-state index in [2.05, 4.69) is 43.0 Å². The second kappa shape index (κ2) is 5.67. The predicted octanol–water partition coefficient (Wildman–Crippen LogP) is 2.91. The lowest BCUT2D eigenvalue weighted by Crippen LogP contribution is -2.36. The van der Waals surface area contributed by atoms with Crippen molar-refractivity contribution >= 4 is 27.6 Å². The van der Waals surface area contributed by atoms with Crippen LogP contribution in [0.25, 0.3) is 0 Å². The van der Waals surface area contributed by atoms with E-state index in [4.69, 9.17) is 0 Å². The van der Waals surface area contributed by atoms with Gasteiger partial charge in [-0.05, 0) is 34.7 Å². The summed E-state index contributed by atoms with van der Waals surface area (Å²) in [4.78, 5) is 11.0. The molecule has 1 N–H and O–H groups in total. The van der Waals surface area contributed by atoms with Gasteiger partial charge in [0.05, 0.1) is 0 Å². The monoisotopic (exact) mass is 298 g/mol. The fourth-order valence-corrected chi connectivity index (χ4v) is 3.00. The number of piperidine rings is 1. The Hall–Kier alpha value is -0.840.